The Balaban J connectivity index is 1.42. The SMILES string of the molecule is O=C(CSc1nnnn1Cc1ccccc1)NC(c1ccccc1)c1ccccc1. The molecule has 150 valence electrons. The number of thioether (sulfide) groups is 1. The highest BCUT2D eigenvalue weighted by Crippen LogP contribution is 2.22. The number of nitrogens with zero attached hydrogens (tertiary/aromatic N) is 4. The van der Waals surface area contributed by atoms with E-state index in [2.05, 4.69) is 20.8 Å². The molecule has 0 saturated carbocycles. The van der Waals surface area contributed by atoms with Crippen molar-refractivity contribution in [2.45, 2.75) is 17.7 Å². The van der Waals surface area contributed by atoms with Crippen LogP contribution in [0.15, 0.2) is 96.2 Å². The lowest BCUT2D eigenvalue weighted by molar-refractivity contribution is -0.119. The third-order valence-corrected chi connectivity index (χ3v) is 5.53. The summed E-state index contributed by atoms with van der Waals surface area (Å²) in [4.78, 5) is 12.8. The Morgan fingerprint density at radius 2 is 1.43 bits per heavy atom. The fraction of sp³-hybridized carbons (Fsp3) is 0.130. The molecule has 1 amide bonds. The molecule has 3 aromatic carbocycles. The topological polar surface area (TPSA) is 72.7 Å². The van der Waals surface area contributed by atoms with E-state index in [1.54, 1.807) is 4.68 Å². The van der Waals surface area contributed by atoms with Crippen LogP contribution in [0, 0.1) is 0 Å². The van der Waals surface area contributed by atoms with Crippen LogP contribution in [0.5, 0.6) is 0 Å². The summed E-state index contributed by atoms with van der Waals surface area (Å²) in [5.41, 5.74) is 3.18. The molecule has 0 atom stereocenters. The molecule has 7 heteroatoms. The lowest BCUT2D eigenvalue weighted by Gasteiger charge is -2.19. The molecule has 1 heterocycles. The van der Waals surface area contributed by atoms with Gasteiger partial charge in [-0.2, -0.15) is 0 Å². The average Bonchev–Trinajstić information content (AvgIpc) is 3.25. The standard InChI is InChI=1S/C23H21N5OS/c29-21(17-30-23-25-26-27-28(23)16-18-10-4-1-5-11-18)24-22(19-12-6-2-7-13-19)20-14-8-3-9-15-20/h1-15,22H,16-17H2,(H,24,29). The van der Waals surface area contributed by atoms with Gasteiger partial charge in [-0.1, -0.05) is 103 Å². The Morgan fingerprint density at radius 3 is 2.03 bits per heavy atom. The van der Waals surface area contributed by atoms with Gasteiger partial charge < -0.3 is 5.32 Å². The summed E-state index contributed by atoms with van der Waals surface area (Å²) in [6, 6.07) is 29.7. The van der Waals surface area contributed by atoms with Crippen LogP contribution in [0.2, 0.25) is 0 Å². The van der Waals surface area contributed by atoms with Gasteiger partial charge in [-0.15, -0.1) is 5.10 Å². The molecule has 1 aromatic heterocycles. The van der Waals surface area contributed by atoms with Crippen LogP contribution in [-0.4, -0.2) is 31.9 Å². The first-order valence-electron chi connectivity index (χ1n) is 9.62. The van der Waals surface area contributed by atoms with Crippen molar-refractivity contribution < 1.29 is 4.79 Å². The zero-order valence-corrected chi connectivity index (χ0v) is 17.1. The average molecular weight is 416 g/mol. The predicted molar refractivity (Wildman–Crippen MR) is 117 cm³/mol. The summed E-state index contributed by atoms with van der Waals surface area (Å²) in [6.07, 6.45) is 0. The number of rotatable bonds is 8. The van der Waals surface area contributed by atoms with Crippen molar-refractivity contribution in [2.75, 3.05) is 5.75 Å². The van der Waals surface area contributed by atoms with Crippen molar-refractivity contribution in [1.29, 1.82) is 0 Å². The van der Waals surface area contributed by atoms with Gasteiger partial charge in [0.25, 0.3) is 0 Å². The second-order valence-electron chi connectivity index (χ2n) is 6.72. The highest BCUT2D eigenvalue weighted by molar-refractivity contribution is 7.99. The van der Waals surface area contributed by atoms with Crippen molar-refractivity contribution >= 4 is 17.7 Å². The number of hydrogen-bond donors (Lipinski definition) is 1. The number of nitrogens with one attached hydrogen (secondary N) is 1. The van der Waals surface area contributed by atoms with Crippen LogP contribution in [0.3, 0.4) is 0 Å². The number of carbonyl (C=O) groups is 1. The number of tetrazole rings is 1. The monoisotopic (exact) mass is 415 g/mol. The van der Waals surface area contributed by atoms with Gasteiger partial charge in [-0.05, 0) is 27.1 Å². The van der Waals surface area contributed by atoms with E-state index in [9.17, 15) is 4.79 Å². The maximum atomic E-state index is 12.8. The van der Waals surface area contributed by atoms with Gasteiger partial charge in [0.1, 0.15) is 0 Å². The van der Waals surface area contributed by atoms with E-state index in [0.717, 1.165) is 16.7 Å². The molecule has 0 saturated heterocycles. The van der Waals surface area contributed by atoms with Gasteiger partial charge in [0.15, 0.2) is 0 Å². The zero-order valence-electron chi connectivity index (χ0n) is 16.3. The van der Waals surface area contributed by atoms with Crippen molar-refractivity contribution in [3.63, 3.8) is 0 Å². The highest BCUT2D eigenvalue weighted by Gasteiger charge is 2.17. The molecule has 30 heavy (non-hydrogen) atoms. The molecule has 0 spiro atoms. The first-order chi connectivity index (χ1) is 14.8. The Hall–Kier alpha value is -3.45. The number of amides is 1. The molecule has 0 unspecified atom stereocenters. The lowest BCUT2D eigenvalue weighted by Crippen LogP contribution is -2.30. The van der Waals surface area contributed by atoms with Crippen molar-refractivity contribution in [2.24, 2.45) is 0 Å². The van der Waals surface area contributed by atoms with E-state index in [0.29, 0.717) is 11.7 Å². The molecule has 0 bridgehead atoms. The normalized spacial score (nSPS) is 10.8. The van der Waals surface area contributed by atoms with Crippen molar-refractivity contribution in [3.05, 3.63) is 108 Å². The van der Waals surface area contributed by atoms with E-state index < -0.39 is 0 Å². The smallest absolute Gasteiger partial charge is 0.231 e. The number of benzene rings is 3. The molecular weight excluding hydrogens is 394 g/mol. The van der Waals surface area contributed by atoms with Gasteiger partial charge in [0.2, 0.25) is 11.1 Å². The van der Waals surface area contributed by atoms with Gasteiger partial charge in [0, 0.05) is 0 Å². The summed E-state index contributed by atoms with van der Waals surface area (Å²) in [7, 11) is 0. The molecule has 0 aliphatic heterocycles. The van der Waals surface area contributed by atoms with E-state index >= 15 is 0 Å². The van der Waals surface area contributed by atoms with E-state index in [-0.39, 0.29) is 17.7 Å². The lowest BCUT2D eigenvalue weighted by atomic mass is 9.99. The first-order valence-corrected chi connectivity index (χ1v) is 10.6. The molecular formula is C23H21N5OS. The zero-order chi connectivity index (χ0) is 20.6. The summed E-state index contributed by atoms with van der Waals surface area (Å²) in [5, 5.41) is 15.6. The molecule has 4 aromatic rings. The Labute approximate surface area is 179 Å². The highest BCUT2D eigenvalue weighted by atomic mass is 32.2. The summed E-state index contributed by atoms with van der Waals surface area (Å²) in [5.74, 6) is 0.151. The van der Waals surface area contributed by atoms with E-state index in [1.165, 1.54) is 11.8 Å². The molecule has 4 rings (SSSR count). The van der Waals surface area contributed by atoms with Crippen molar-refractivity contribution in [3.8, 4) is 0 Å². The van der Waals surface area contributed by atoms with Crippen LogP contribution in [0.25, 0.3) is 0 Å². The second-order valence-corrected chi connectivity index (χ2v) is 7.66. The molecule has 6 nitrogen and oxygen atoms in total. The van der Waals surface area contributed by atoms with Gasteiger partial charge in [0.05, 0.1) is 18.3 Å². The third kappa shape index (κ3) is 5.12. The van der Waals surface area contributed by atoms with Crippen molar-refractivity contribution in [1.82, 2.24) is 25.5 Å². The first kappa shape index (κ1) is 19.8. The van der Waals surface area contributed by atoms with Crippen LogP contribution < -0.4 is 5.32 Å². The molecule has 0 radical (unpaired) electrons. The predicted octanol–water partition coefficient (Wildman–Crippen LogP) is 3.72. The van der Waals surface area contributed by atoms with Crippen LogP contribution in [0.4, 0.5) is 0 Å². The number of aromatic nitrogens is 4. The fourth-order valence-electron chi connectivity index (χ4n) is 3.14. The van der Waals surface area contributed by atoms with E-state index in [4.69, 9.17) is 0 Å². The maximum absolute atomic E-state index is 12.8. The van der Waals surface area contributed by atoms with Gasteiger partial charge in [-0.3, -0.25) is 4.79 Å². The van der Waals surface area contributed by atoms with Crippen LogP contribution in [0.1, 0.15) is 22.7 Å². The largest absolute Gasteiger partial charge is 0.344 e. The Morgan fingerprint density at radius 1 is 0.867 bits per heavy atom. The van der Waals surface area contributed by atoms with Crippen LogP contribution >= 0.6 is 11.8 Å². The minimum absolute atomic E-state index is 0.0769. The Kier molecular flexibility index (Phi) is 6.51. The maximum Gasteiger partial charge on any atom is 0.231 e. The van der Waals surface area contributed by atoms with Gasteiger partial charge >= 0.3 is 0 Å². The number of carbonyl (C=O) groups excluding carboxylic acids is 1. The molecule has 0 aliphatic carbocycles. The fourth-order valence-corrected chi connectivity index (χ4v) is 3.83. The molecule has 0 aliphatic rings. The quantitative estimate of drug-likeness (QED) is 0.444. The minimum Gasteiger partial charge on any atom is -0.344 e. The Bertz CT molecular complexity index is 1030. The van der Waals surface area contributed by atoms with E-state index in [1.807, 2.05) is 91.0 Å². The van der Waals surface area contributed by atoms with Crippen LogP contribution in [-0.2, 0) is 11.3 Å². The summed E-state index contributed by atoms with van der Waals surface area (Å²) in [6.45, 7) is 0.564. The molecule has 0 fully saturated rings. The minimum atomic E-state index is -0.208. The second kappa shape index (κ2) is 9.84. The summed E-state index contributed by atoms with van der Waals surface area (Å²) >= 11 is 1.33. The summed E-state index contributed by atoms with van der Waals surface area (Å²) < 4.78 is 1.71. The molecule has 1 N–H and O–H groups in total. The van der Waals surface area contributed by atoms with Gasteiger partial charge in [-0.25, -0.2) is 4.68 Å². The third-order valence-electron chi connectivity index (χ3n) is 4.58. The number of hydrogen-bond acceptors (Lipinski definition) is 5.